The summed E-state index contributed by atoms with van der Waals surface area (Å²) in [5.41, 5.74) is 1.37. The number of nitrogens with two attached hydrogens (primary N) is 1. The lowest BCUT2D eigenvalue weighted by atomic mass is 9.87. The van der Waals surface area contributed by atoms with E-state index in [-0.39, 0.29) is 35.1 Å². The highest BCUT2D eigenvalue weighted by molar-refractivity contribution is 6.24. The number of ether oxygens (including phenoxy) is 1. The molecule has 0 aliphatic carbocycles. The second-order valence-corrected chi connectivity index (χ2v) is 8.69. The van der Waals surface area contributed by atoms with Crippen LogP contribution in [0.4, 0.5) is 0 Å². The Hall–Kier alpha value is -3.52. The van der Waals surface area contributed by atoms with Gasteiger partial charge in [-0.15, -0.1) is 0 Å². The summed E-state index contributed by atoms with van der Waals surface area (Å²) in [6.07, 6.45) is 0.0189. The molecule has 1 saturated heterocycles. The van der Waals surface area contributed by atoms with Gasteiger partial charge >= 0.3 is 0 Å². The normalized spacial score (nSPS) is 19.2. The van der Waals surface area contributed by atoms with Crippen LogP contribution in [0.15, 0.2) is 42.5 Å². The lowest BCUT2D eigenvalue weighted by Crippen LogP contribution is -2.58. The van der Waals surface area contributed by atoms with Gasteiger partial charge in [0, 0.05) is 6.42 Å². The van der Waals surface area contributed by atoms with Gasteiger partial charge in [-0.25, -0.2) is 10.9 Å². The molecule has 2 aromatic carbocycles. The fourth-order valence-electron chi connectivity index (χ4n) is 3.82. The van der Waals surface area contributed by atoms with E-state index in [0.29, 0.717) is 10.8 Å². The third-order valence-electron chi connectivity index (χ3n) is 5.59. The van der Waals surface area contributed by atoms with Crippen molar-refractivity contribution in [3.8, 4) is 11.5 Å². The summed E-state index contributed by atoms with van der Waals surface area (Å²) in [6, 6.07) is 11.1. The maximum absolute atomic E-state index is 13.2. The number of hydrogen-bond donors (Lipinski definition) is 1. The zero-order valence-electron chi connectivity index (χ0n) is 17.5. The third-order valence-corrected chi connectivity index (χ3v) is 5.59. The minimum Gasteiger partial charge on any atom is -0.457 e. The highest BCUT2D eigenvalue weighted by Crippen LogP contribution is 2.36. The average molecular weight is 421 g/mol. The number of carbonyl (C=O) groups is 4. The van der Waals surface area contributed by atoms with Gasteiger partial charge in [0.15, 0.2) is 0 Å². The van der Waals surface area contributed by atoms with Crippen LogP contribution in [0.2, 0.25) is 0 Å². The van der Waals surface area contributed by atoms with Gasteiger partial charge in [-0.1, -0.05) is 39.0 Å². The first-order valence-corrected chi connectivity index (χ1v) is 10.0. The fourth-order valence-corrected chi connectivity index (χ4v) is 3.82. The number of hydrazine groups is 1. The Morgan fingerprint density at radius 3 is 2.29 bits per heavy atom. The summed E-state index contributed by atoms with van der Waals surface area (Å²) < 4.78 is 5.93. The van der Waals surface area contributed by atoms with E-state index in [1.165, 1.54) is 6.07 Å². The van der Waals surface area contributed by atoms with Crippen LogP contribution >= 0.6 is 0 Å². The lowest BCUT2D eigenvalue weighted by Gasteiger charge is -2.31. The van der Waals surface area contributed by atoms with E-state index in [2.05, 4.69) is 20.8 Å². The number of imide groups is 2. The number of amides is 4. The van der Waals surface area contributed by atoms with Gasteiger partial charge in [-0.3, -0.25) is 24.1 Å². The number of hydrogen-bond acceptors (Lipinski definition) is 6. The van der Waals surface area contributed by atoms with Crippen molar-refractivity contribution in [1.82, 2.24) is 9.91 Å². The second-order valence-electron chi connectivity index (χ2n) is 8.69. The molecule has 8 heteroatoms. The molecule has 8 nitrogen and oxygen atoms in total. The van der Waals surface area contributed by atoms with Gasteiger partial charge in [0.05, 0.1) is 11.1 Å². The van der Waals surface area contributed by atoms with Gasteiger partial charge in [-0.05, 0) is 41.7 Å². The van der Waals surface area contributed by atoms with Gasteiger partial charge in [0.25, 0.3) is 17.7 Å². The van der Waals surface area contributed by atoms with Crippen molar-refractivity contribution in [1.29, 1.82) is 0 Å². The lowest BCUT2D eigenvalue weighted by molar-refractivity contribution is -0.151. The van der Waals surface area contributed by atoms with E-state index in [0.717, 1.165) is 10.5 Å². The fraction of sp³-hybridized carbons (Fsp3) is 0.304. The smallest absolute Gasteiger partial charge is 0.266 e. The van der Waals surface area contributed by atoms with Crippen LogP contribution < -0.4 is 10.6 Å². The molecule has 2 aromatic rings. The van der Waals surface area contributed by atoms with Crippen molar-refractivity contribution < 1.29 is 23.9 Å². The molecule has 160 valence electrons. The van der Waals surface area contributed by atoms with Gasteiger partial charge in [0.1, 0.15) is 17.5 Å². The number of nitrogens with zero attached hydrogens (tertiary/aromatic N) is 2. The summed E-state index contributed by atoms with van der Waals surface area (Å²) in [5.74, 6) is 3.71. The predicted octanol–water partition coefficient (Wildman–Crippen LogP) is 2.76. The Labute approximate surface area is 179 Å². The molecule has 0 spiro atoms. The van der Waals surface area contributed by atoms with E-state index in [4.69, 9.17) is 10.6 Å². The molecule has 2 aliphatic rings. The van der Waals surface area contributed by atoms with Crippen LogP contribution in [0.5, 0.6) is 11.5 Å². The molecule has 4 rings (SSSR count). The monoisotopic (exact) mass is 421 g/mol. The molecule has 1 fully saturated rings. The second kappa shape index (κ2) is 7.31. The van der Waals surface area contributed by atoms with Crippen LogP contribution in [-0.4, -0.2) is 39.6 Å². The maximum Gasteiger partial charge on any atom is 0.266 e. The Bertz CT molecular complexity index is 1100. The standard InChI is InChI=1S/C23H23N3O5/c1-23(2,3)13-7-9-14(10-8-13)31-17-6-4-5-15-19(17)22(30)25(20(15)28)16-11-12-18(27)26(24)21(16)29/h4-10,16H,11-12,24H2,1-3H3. The number of fused-ring (bicyclic) bond motifs is 1. The number of carbonyl (C=O) groups excluding carboxylic acids is 4. The summed E-state index contributed by atoms with van der Waals surface area (Å²) in [7, 11) is 0. The van der Waals surface area contributed by atoms with E-state index < -0.39 is 29.7 Å². The van der Waals surface area contributed by atoms with Gasteiger partial charge in [-0.2, -0.15) is 0 Å². The summed E-state index contributed by atoms with van der Waals surface area (Å²) >= 11 is 0. The SMILES string of the molecule is CC(C)(C)c1ccc(Oc2cccc3c2C(=O)N(C2CCC(=O)N(N)C2=O)C3=O)cc1. The van der Waals surface area contributed by atoms with Crippen LogP contribution in [0, 0.1) is 0 Å². The summed E-state index contributed by atoms with van der Waals surface area (Å²) in [5, 5.41) is 0.478. The zero-order chi connectivity index (χ0) is 22.5. The Balaban J connectivity index is 1.64. The zero-order valence-corrected chi connectivity index (χ0v) is 17.5. The molecule has 4 amide bonds. The maximum atomic E-state index is 13.2. The number of benzene rings is 2. The first-order chi connectivity index (χ1) is 14.6. The first kappa shape index (κ1) is 20.7. The number of rotatable bonds is 3. The van der Waals surface area contributed by atoms with Crippen LogP contribution in [0.25, 0.3) is 0 Å². The van der Waals surface area contributed by atoms with Crippen molar-refractivity contribution in [2.24, 2.45) is 5.84 Å². The van der Waals surface area contributed by atoms with Crippen LogP contribution in [0.3, 0.4) is 0 Å². The Kier molecular flexibility index (Phi) is 4.89. The van der Waals surface area contributed by atoms with E-state index >= 15 is 0 Å². The van der Waals surface area contributed by atoms with Crippen molar-refractivity contribution >= 4 is 23.6 Å². The van der Waals surface area contributed by atoms with E-state index in [1.54, 1.807) is 12.1 Å². The molecule has 0 aromatic heterocycles. The molecular weight excluding hydrogens is 398 g/mol. The van der Waals surface area contributed by atoms with Gasteiger partial charge < -0.3 is 4.74 Å². The highest BCUT2D eigenvalue weighted by atomic mass is 16.5. The topological polar surface area (TPSA) is 110 Å². The molecule has 1 atom stereocenters. The Morgan fingerprint density at radius 2 is 1.65 bits per heavy atom. The van der Waals surface area contributed by atoms with E-state index in [9.17, 15) is 19.2 Å². The molecule has 2 N–H and O–H groups in total. The van der Waals surface area contributed by atoms with Gasteiger partial charge in [0.2, 0.25) is 5.91 Å². The largest absolute Gasteiger partial charge is 0.457 e. The minimum atomic E-state index is -1.12. The van der Waals surface area contributed by atoms with Crippen LogP contribution in [0.1, 0.15) is 59.9 Å². The predicted molar refractivity (Wildman–Crippen MR) is 111 cm³/mol. The van der Waals surface area contributed by atoms with Crippen molar-refractivity contribution in [2.45, 2.75) is 45.1 Å². The van der Waals surface area contributed by atoms with Crippen molar-refractivity contribution in [2.75, 3.05) is 0 Å². The van der Waals surface area contributed by atoms with Crippen LogP contribution in [-0.2, 0) is 15.0 Å². The minimum absolute atomic E-state index is 0.0137. The van der Waals surface area contributed by atoms with Crippen molar-refractivity contribution in [3.63, 3.8) is 0 Å². The highest BCUT2D eigenvalue weighted by Gasteiger charge is 2.47. The first-order valence-electron chi connectivity index (χ1n) is 10.0. The molecule has 0 radical (unpaired) electrons. The quantitative estimate of drug-likeness (QED) is 0.464. The molecule has 0 saturated carbocycles. The average Bonchev–Trinajstić information content (AvgIpc) is 2.98. The van der Waals surface area contributed by atoms with E-state index in [1.807, 2.05) is 24.3 Å². The third kappa shape index (κ3) is 3.48. The molecule has 1 unspecified atom stereocenters. The molecular formula is C23H23N3O5. The summed E-state index contributed by atoms with van der Waals surface area (Å²) in [6.45, 7) is 6.32. The van der Waals surface area contributed by atoms with Crippen molar-refractivity contribution in [3.05, 3.63) is 59.2 Å². The Morgan fingerprint density at radius 1 is 0.968 bits per heavy atom. The molecule has 31 heavy (non-hydrogen) atoms. The number of piperidine rings is 1. The molecule has 0 bridgehead atoms. The molecule has 2 aliphatic heterocycles. The molecule has 2 heterocycles. The summed E-state index contributed by atoms with van der Waals surface area (Å²) in [4.78, 5) is 51.1.